The summed E-state index contributed by atoms with van der Waals surface area (Å²) in [5, 5.41) is 13.7. The minimum absolute atomic E-state index is 0.135. The Balaban J connectivity index is 1.37. The van der Waals surface area contributed by atoms with Gasteiger partial charge in [0.15, 0.2) is 5.82 Å². The lowest BCUT2D eigenvalue weighted by Gasteiger charge is -2.22. The van der Waals surface area contributed by atoms with Crippen molar-refractivity contribution in [1.82, 2.24) is 30.3 Å². The number of rotatable bonds is 5. The summed E-state index contributed by atoms with van der Waals surface area (Å²) >= 11 is 0. The van der Waals surface area contributed by atoms with Crippen LogP contribution in [0.15, 0.2) is 24.3 Å². The Labute approximate surface area is 176 Å². The second kappa shape index (κ2) is 8.66. The van der Waals surface area contributed by atoms with E-state index in [1.165, 1.54) is 12.1 Å². The average Bonchev–Trinajstić information content (AvgIpc) is 3.28. The zero-order valence-electron chi connectivity index (χ0n) is 16.8. The van der Waals surface area contributed by atoms with Crippen molar-refractivity contribution < 1.29 is 22.8 Å². The van der Waals surface area contributed by atoms with E-state index in [2.05, 4.69) is 20.8 Å². The Morgan fingerprint density at radius 3 is 2.71 bits per heavy atom. The lowest BCUT2D eigenvalue weighted by Crippen LogP contribution is -2.41. The van der Waals surface area contributed by atoms with E-state index in [9.17, 15) is 22.8 Å². The highest BCUT2D eigenvalue weighted by Gasteiger charge is 2.33. The molecule has 166 valence electrons. The molecule has 2 aliphatic heterocycles. The van der Waals surface area contributed by atoms with E-state index in [-0.39, 0.29) is 30.5 Å². The first kappa shape index (κ1) is 21.3. The van der Waals surface area contributed by atoms with Crippen molar-refractivity contribution in [1.29, 1.82) is 0 Å². The molecule has 1 saturated heterocycles. The van der Waals surface area contributed by atoms with Gasteiger partial charge in [-0.15, -0.1) is 10.2 Å². The molecular formula is C20H23F3N6O2. The number of carbonyl (C=O) groups excluding carboxylic acids is 2. The summed E-state index contributed by atoms with van der Waals surface area (Å²) in [6.07, 6.45) is -3.03. The molecule has 4 rings (SSSR count). The van der Waals surface area contributed by atoms with Gasteiger partial charge >= 0.3 is 6.18 Å². The number of nitrogens with zero attached hydrogens (tertiary/aromatic N) is 4. The fourth-order valence-corrected chi connectivity index (χ4v) is 3.99. The summed E-state index contributed by atoms with van der Waals surface area (Å²) in [5.41, 5.74) is -0.361. The number of benzene rings is 1. The summed E-state index contributed by atoms with van der Waals surface area (Å²) < 4.78 is 41.8. The highest BCUT2D eigenvalue weighted by molar-refractivity contribution is 5.90. The maximum atomic E-state index is 13.3. The van der Waals surface area contributed by atoms with Crippen molar-refractivity contribution in [3.8, 4) is 0 Å². The summed E-state index contributed by atoms with van der Waals surface area (Å²) in [7, 11) is 0. The highest BCUT2D eigenvalue weighted by Crippen LogP contribution is 2.32. The van der Waals surface area contributed by atoms with Crippen molar-refractivity contribution in [2.75, 3.05) is 13.1 Å². The maximum Gasteiger partial charge on any atom is 0.416 e. The fourth-order valence-electron chi connectivity index (χ4n) is 3.99. The molecule has 0 saturated carbocycles. The molecule has 2 aromatic rings. The van der Waals surface area contributed by atoms with E-state index in [4.69, 9.17) is 0 Å². The first-order valence-electron chi connectivity index (χ1n) is 10.2. The van der Waals surface area contributed by atoms with Gasteiger partial charge in [-0.05, 0) is 18.1 Å². The highest BCUT2D eigenvalue weighted by atomic mass is 19.4. The standard InChI is InChI=1S/C20H23F3N6O2/c21-20(22,23)14-4-2-1-3-13(14)12-28-8-7-16-26-27-17(29(16)10-9-28)11-24-19(31)15-5-6-18(30)25-15/h1-4,15H,5-12H2,(H,24,31)(H,25,30). The molecule has 0 aliphatic carbocycles. The third-order valence-electron chi connectivity index (χ3n) is 5.64. The Bertz CT molecular complexity index is 974. The van der Waals surface area contributed by atoms with E-state index in [0.29, 0.717) is 44.7 Å². The number of hydrogen-bond donors (Lipinski definition) is 2. The van der Waals surface area contributed by atoms with Crippen molar-refractivity contribution >= 4 is 11.8 Å². The number of fused-ring (bicyclic) bond motifs is 1. The minimum atomic E-state index is -4.39. The van der Waals surface area contributed by atoms with Crippen molar-refractivity contribution in [3.05, 3.63) is 47.0 Å². The molecule has 31 heavy (non-hydrogen) atoms. The number of nitrogens with one attached hydrogen (secondary N) is 2. The summed E-state index contributed by atoms with van der Waals surface area (Å²) in [6.45, 7) is 1.99. The molecule has 0 spiro atoms. The van der Waals surface area contributed by atoms with Crippen molar-refractivity contribution in [3.63, 3.8) is 0 Å². The van der Waals surface area contributed by atoms with Crippen LogP contribution >= 0.6 is 0 Å². The first-order chi connectivity index (χ1) is 14.8. The van der Waals surface area contributed by atoms with E-state index in [0.717, 1.165) is 11.9 Å². The van der Waals surface area contributed by atoms with Crippen LogP contribution in [0.1, 0.15) is 35.6 Å². The number of aromatic nitrogens is 3. The van der Waals surface area contributed by atoms with Crippen LogP contribution in [0.5, 0.6) is 0 Å². The van der Waals surface area contributed by atoms with Gasteiger partial charge in [0.25, 0.3) is 0 Å². The number of hydrogen-bond acceptors (Lipinski definition) is 5. The van der Waals surface area contributed by atoms with Crippen LogP contribution in [0, 0.1) is 0 Å². The van der Waals surface area contributed by atoms with Crippen LogP contribution in [0.3, 0.4) is 0 Å². The lowest BCUT2D eigenvalue weighted by molar-refractivity contribution is -0.138. The Morgan fingerprint density at radius 1 is 1.16 bits per heavy atom. The third-order valence-corrected chi connectivity index (χ3v) is 5.64. The van der Waals surface area contributed by atoms with Crippen LogP contribution < -0.4 is 10.6 Å². The monoisotopic (exact) mass is 436 g/mol. The molecule has 0 radical (unpaired) electrons. The van der Waals surface area contributed by atoms with Crippen LogP contribution in [0.2, 0.25) is 0 Å². The number of amides is 2. The van der Waals surface area contributed by atoms with Gasteiger partial charge < -0.3 is 15.2 Å². The van der Waals surface area contributed by atoms with Gasteiger partial charge in [0.2, 0.25) is 11.8 Å². The van der Waals surface area contributed by atoms with Gasteiger partial charge in [-0.25, -0.2) is 0 Å². The van der Waals surface area contributed by atoms with Gasteiger partial charge in [0, 0.05) is 39.0 Å². The predicted molar refractivity (Wildman–Crippen MR) is 103 cm³/mol. The molecule has 1 fully saturated rings. The molecule has 2 amide bonds. The molecule has 1 atom stereocenters. The molecule has 1 unspecified atom stereocenters. The molecule has 2 aliphatic rings. The number of halogens is 3. The summed E-state index contributed by atoms with van der Waals surface area (Å²) in [5.74, 6) is 0.932. The van der Waals surface area contributed by atoms with E-state index < -0.39 is 17.8 Å². The lowest BCUT2D eigenvalue weighted by atomic mass is 10.1. The van der Waals surface area contributed by atoms with E-state index in [1.807, 2.05) is 9.47 Å². The summed E-state index contributed by atoms with van der Waals surface area (Å²) in [6, 6.07) is 5.10. The van der Waals surface area contributed by atoms with Crippen LogP contribution in [0.25, 0.3) is 0 Å². The van der Waals surface area contributed by atoms with Crippen molar-refractivity contribution in [2.24, 2.45) is 0 Å². The average molecular weight is 436 g/mol. The van der Waals surface area contributed by atoms with Gasteiger partial charge in [-0.2, -0.15) is 13.2 Å². The molecule has 3 heterocycles. The third kappa shape index (κ3) is 4.87. The van der Waals surface area contributed by atoms with Crippen molar-refractivity contribution in [2.45, 2.75) is 51.1 Å². The molecular weight excluding hydrogens is 413 g/mol. The molecule has 1 aromatic heterocycles. The van der Waals surface area contributed by atoms with Crippen LogP contribution in [-0.2, 0) is 41.8 Å². The Kier molecular flexibility index (Phi) is 5.94. The fraction of sp³-hybridized carbons (Fsp3) is 0.500. The summed E-state index contributed by atoms with van der Waals surface area (Å²) in [4.78, 5) is 25.4. The van der Waals surface area contributed by atoms with Gasteiger partial charge in [0.1, 0.15) is 11.9 Å². The molecule has 11 heteroatoms. The smallest absolute Gasteiger partial charge is 0.347 e. The number of alkyl halides is 3. The Hall–Kier alpha value is -2.95. The van der Waals surface area contributed by atoms with Gasteiger partial charge in [-0.3, -0.25) is 14.5 Å². The maximum absolute atomic E-state index is 13.3. The predicted octanol–water partition coefficient (Wildman–Crippen LogP) is 1.25. The first-order valence-corrected chi connectivity index (χ1v) is 10.2. The van der Waals surface area contributed by atoms with E-state index >= 15 is 0 Å². The second-order valence-electron chi connectivity index (χ2n) is 7.74. The van der Waals surface area contributed by atoms with Crippen LogP contribution in [-0.4, -0.2) is 50.6 Å². The number of carbonyl (C=O) groups is 2. The normalized spacial score (nSPS) is 19.6. The van der Waals surface area contributed by atoms with Crippen LogP contribution in [0.4, 0.5) is 13.2 Å². The topological polar surface area (TPSA) is 92.1 Å². The largest absolute Gasteiger partial charge is 0.416 e. The van der Waals surface area contributed by atoms with E-state index in [1.54, 1.807) is 6.07 Å². The Morgan fingerprint density at radius 2 is 1.97 bits per heavy atom. The van der Waals surface area contributed by atoms with Gasteiger partial charge in [-0.1, -0.05) is 18.2 Å². The SMILES string of the molecule is O=C1CCC(C(=O)NCc2nnc3n2CCN(Cc2ccccc2C(F)(F)F)CC3)N1. The zero-order valence-corrected chi connectivity index (χ0v) is 16.8. The molecule has 1 aromatic carbocycles. The van der Waals surface area contributed by atoms with Gasteiger partial charge in [0.05, 0.1) is 12.1 Å². The molecule has 0 bridgehead atoms. The molecule has 2 N–H and O–H groups in total. The zero-order chi connectivity index (χ0) is 22.0. The quantitative estimate of drug-likeness (QED) is 0.736. The molecule has 8 nitrogen and oxygen atoms in total. The second-order valence-corrected chi connectivity index (χ2v) is 7.74. The minimum Gasteiger partial charge on any atom is -0.347 e.